The van der Waals surface area contributed by atoms with Gasteiger partial charge in [0.2, 0.25) is 0 Å². The third-order valence-corrected chi connectivity index (χ3v) is 2.89. The molecular weight excluding hydrogens is 226 g/mol. The van der Waals surface area contributed by atoms with Crippen LogP contribution in [0.2, 0.25) is 0 Å². The zero-order valence-corrected chi connectivity index (χ0v) is 10.6. The Morgan fingerprint density at radius 2 is 2.06 bits per heavy atom. The summed E-state index contributed by atoms with van der Waals surface area (Å²) in [5.74, 6) is 0. The first kappa shape index (κ1) is 12.8. The van der Waals surface area contributed by atoms with Gasteiger partial charge in [0.05, 0.1) is 12.3 Å². The van der Waals surface area contributed by atoms with E-state index in [0.29, 0.717) is 6.54 Å². The largest absolute Gasteiger partial charge is 0.395 e. The van der Waals surface area contributed by atoms with E-state index >= 15 is 0 Å². The standard InChI is InChI=1S/C14H19N3O/c1-17-8-7-13(16-17)10-15-14(11-18)9-12-5-3-2-4-6-12/h2-8,14-15,18H,9-11H2,1H3. The van der Waals surface area contributed by atoms with Gasteiger partial charge in [0.15, 0.2) is 0 Å². The van der Waals surface area contributed by atoms with Crippen LogP contribution in [0.3, 0.4) is 0 Å². The summed E-state index contributed by atoms with van der Waals surface area (Å²) in [5, 5.41) is 17.0. The Kier molecular flexibility index (Phi) is 4.50. The first-order chi connectivity index (χ1) is 8.78. The molecule has 2 aromatic rings. The van der Waals surface area contributed by atoms with Crippen molar-refractivity contribution in [1.82, 2.24) is 15.1 Å². The number of aliphatic hydroxyl groups is 1. The molecule has 1 unspecified atom stereocenters. The molecule has 2 rings (SSSR count). The Balaban J connectivity index is 1.86. The summed E-state index contributed by atoms with van der Waals surface area (Å²) in [6, 6.07) is 12.2. The molecule has 18 heavy (non-hydrogen) atoms. The summed E-state index contributed by atoms with van der Waals surface area (Å²) in [4.78, 5) is 0. The van der Waals surface area contributed by atoms with Crippen LogP contribution in [0.5, 0.6) is 0 Å². The van der Waals surface area contributed by atoms with Crippen molar-refractivity contribution in [3.8, 4) is 0 Å². The van der Waals surface area contributed by atoms with E-state index in [-0.39, 0.29) is 12.6 Å². The highest BCUT2D eigenvalue weighted by atomic mass is 16.3. The fourth-order valence-corrected chi connectivity index (χ4v) is 1.91. The molecule has 96 valence electrons. The maximum absolute atomic E-state index is 9.38. The molecule has 0 spiro atoms. The number of hydrogen-bond donors (Lipinski definition) is 2. The fourth-order valence-electron chi connectivity index (χ4n) is 1.91. The van der Waals surface area contributed by atoms with Crippen LogP contribution in [0.4, 0.5) is 0 Å². The molecule has 1 atom stereocenters. The number of aryl methyl sites for hydroxylation is 1. The molecule has 0 bridgehead atoms. The van der Waals surface area contributed by atoms with Gasteiger partial charge in [0, 0.05) is 25.8 Å². The maximum atomic E-state index is 9.38. The van der Waals surface area contributed by atoms with Crippen LogP contribution in [0.15, 0.2) is 42.6 Å². The third-order valence-electron chi connectivity index (χ3n) is 2.89. The first-order valence-corrected chi connectivity index (χ1v) is 6.14. The summed E-state index contributed by atoms with van der Waals surface area (Å²) in [6.07, 6.45) is 2.74. The summed E-state index contributed by atoms with van der Waals surface area (Å²) in [5.41, 5.74) is 2.22. The quantitative estimate of drug-likeness (QED) is 0.801. The second-order valence-corrected chi connectivity index (χ2v) is 4.43. The molecule has 1 heterocycles. The van der Waals surface area contributed by atoms with Gasteiger partial charge >= 0.3 is 0 Å². The number of hydrogen-bond acceptors (Lipinski definition) is 3. The van der Waals surface area contributed by atoms with Crippen molar-refractivity contribution in [3.63, 3.8) is 0 Å². The van der Waals surface area contributed by atoms with Crippen molar-refractivity contribution >= 4 is 0 Å². The average Bonchev–Trinajstić information content (AvgIpc) is 2.81. The molecule has 0 fully saturated rings. The summed E-state index contributed by atoms with van der Waals surface area (Å²) >= 11 is 0. The first-order valence-electron chi connectivity index (χ1n) is 6.14. The van der Waals surface area contributed by atoms with Crippen molar-refractivity contribution < 1.29 is 5.11 Å². The third kappa shape index (κ3) is 3.68. The molecule has 0 radical (unpaired) electrons. The number of nitrogens with zero attached hydrogens (tertiary/aromatic N) is 2. The molecule has 0 saturated carbocycles. The Morgan fingerprint density at radius 1 is 1.28 bits per heavy atom. The van der Waals surface area contributed by atoms with E-state index in [1.807, 2.05) is 37.5 Å². The molecule has 4 nitrogen and oxygen atoms in total. The van der Waals surface area contributed by atoms with E-state index in [9.17, 15) is 5.11 Å². The number of aliphatic hydroxyl groups excluding tert-OH is 1. The molecular formula is C14H19N3O. The molecule has 0 amide bonds. The van der Waals surface area contributed by atoms with Crippen LogP contribution in [0, 0.1) is 0 Å². The highest BCUT2D eigenvalue weighted by Crippen LogP contribution is 2.03. The normalized spacial score (nSPS) is 12.6. The highest BCUT2D eigenvalue weighted by Gasteiger charge is 2.08. The molecule has 0 aliphatic rings. The minimum Gasteiger partial charge on any atom is -0.395 e. The molecule has 0 saturated heterocycles. The van der Waals surface area contributed by atoms with Gasteiger partial charge in [-0.15, -0.1) is 0 Å². The number of aromatic nitrogens is 2. The Morgan fingerprint density at radius 3 is 2.67 bits per heavy atom. The zero-order valence-electron chi connectivity index (χ0n) is 10.6. The van der Waals surface area contributed by atoms with Crippen LogP contribution in [0.25, 0.3) is 0 Å². The monoisotopic (exact) mass is 245 g/mol. The van der Waals surface area contributed by atoms with Gasteiger partial charge in [-0.2, -0.15) is 5.10 Å². The number of benzene rings is 1. The Bertz CT molecular complexity index is 467. The van der Waals surface area contributed by atoms with Crippen molar-refractivity contribution in [2.24, 2.45) is 7.05 Å². The summed E-state index contributed by atoms with van der Waals surface area (Å²) < 4.78 is 1.78. The predicted molar refractivity (Wildman–Crippen MR) is 71.1 cm³/mol. The van der Waals surface area contributed by atoms with Crippen molar-refractivity contribution in [1.29, 1.82) is 0 Å². The maximum Gasteiger partial charge on any atom is 0.0762 e. The number of nitrogens with one attached hydrogen (secondary N) is 1. The van der Waals surface area contributed by atoms with Crippen LogP contribution in [-0.2, 0) is 20.0 Å². The SMILES string of the molecule is Cn1ccc(CNC(CO)Cc2ccccc2)n1. The van der Waals surface area contributed by atoms with Crippen molar-refractivity contribution in [2.75, 3.05) is 6.61 Å². The second kappa shape index (κ2) is 6.33. The van der Waals surface area contributed by atoms with E-state index in [1.165, 1.54) is 5.56 Å². The zero-order chi connectivity index (χ0) is 12.8. The average molecular weight is 245 g/mol. The minimum atomic E-state index is 0.0643. The molecule has 0 aliphatic carbocycles. The highest BCUT2D eigenvalue weighted by molar-refractivity contribution is 5.16. The van der Waals surface area contributed by atoms with E-state index in [4.69, 9.17) is 0 Å². The van der Waals surface area contributed by atoms with Gasteiger partial charge < -0.3 is 10.4 Å². The second-order valence-electron chi connectivity index (χ2n) is 4.43. The summed E-state index contributed by atoms with van der Waals surface area (Å²) in [7, 11) is 1.90. The minimum absolute atomic E-state index is 0.0643. The fraction of sp³-hybridized carbons (Fsp3) is 0.357. The number of rotatable bonds is 6. The lowest BCUT2D eigenvalue weighted by Crippen LogP contribution is -2.34. The molecule has 4 heteroatoms. The molecule has 1 aromatic heterocycles. The smallest absolute Gasteiger partial charge is 0.0762 e. The van der Waals surface area contributed by atoms with Crippen LogP contribution < -0.4 is 5.32 Å². The lowest BCUT2D eigenvalue weighted by Gasteiger charge is -2.15. The Hall–Kier alpha value is -1.65. The van der Waals surface area contributed by atoms with E-state index in [2.05, 4.69) is 22.5 Å². The molecule has 1 aromatic carbocycles. The lowest BCUT2D eigenvalue weighted by atomic mass is 10.1. The van der Waals surface area contributed by atoms with E-state index in [1.54, 1.807) is 4.68 Å². The van der Waals surface area contributed by atoms with Crippen molar-refractivity contribution in [3.05, 3.63) is 53.9 Å². The lowest BCUT2D eigenvalue weighted by molar-refractivity contribution is 0.240. The van der Waals surface area contributed by atoms with Gasteiger partial charge in [0.1, 0.15) is 0 Å². The molecule has 2 N–H and O–H groups in total. The van der Waals surface area contributed by atoms with E-state index < -0.39 is 0 Å². The van der Waals surface area contributed by atoms with E-state index in [0.717, 1.165) is 12.1 Å². The van der Waals surface area contributed by atoms with Gasteiger partial charge in [-0.05, 0) is 18.1 Å². The van der Waals surface area contributed by atoms with Crippen LogP contribution in [0.1, 0.15) is 11.3 Å². The summed E-state index contributed by atoms with van der Waals surface area (Å²) in [6.45, 7) is 0.806. The Labute approximate surface area is 107 Å². The van der Waals surface area contributed by atoms with Crippen LogP contribution >= 0.6 is 0 Å². The van der Waals surface area contributed by atoms with Crippen molar-refractivity contribution in [2.45, 2.75) is 19.0 Å². The molecule has 0 aliphatic heterocycles. The predicted octanol–water partition coefficient (Wildman–Crippen LogP) is 1.11. The van der Waals surface area contributed by atoms with Gasteiger partial charge in [-0.1, -0.05) is 30.3 Å². The van der Waals surface area contributed by atoms with Gasteiger partial charge in [-0.25, -0.2) is 0 Å². The van der Waals surface area contributed by atoms with Crippen LogP contribution in [-0.4, -0.2) is 27.5 Å². The van der Waals surface area contributed by atoms with Gasteiger partial charge in [-0.3, -0.25) is 4.68 Å². The van der Waals surface area contributed by atoms with Gasteiger partial charge in [0.25, 0.3) is 0 Å². The topological polar surface area (TPSA) is 50.1 Å².